The molecule has 3 aliphatic rings. The number of amides is 2. The standard InChI is InChI=1S/C30H35F2N7O5S/c1-30(2)17-39(45(42,43)21-13-18(31)12-19(32)14-21)16-23-26(30)36-37-27(23)35-28(40)22-6-5-20(38-8-10-44-11-9-38)15-25(22)34-29(41)24-4-3-7-33-24/h5-6,12-15,24,33H,3-4,7-11,16-17H2,1-2H3,(H,34,41)(H2,35,36,37,40)/t24-/m0/s1. The van der Waals surface area contributed by atoms with Gasteiger partial charge < -0.3 is 25.6 Å². The average molecular weight is 644 g/mol. The second-order valence-corrected chi connectivity index (χ2v) is 14.0. The molecule has 0 unspecified atom stereocenters. The summed E-state index contributed by atoms with van der Waals surface area (Å²) in [6, 6.07) is 6.99. The number of sulfonamides is 1. The zero-order chi connectivity index (χ0) is 31.9. The summed E-state index contributed by atoms with van der Waals surface area (Å²) in [5.41, 5.74) is 1.62. The summed E-state index contributed by atoms with van der Waals surface area (Å²) >= 11 is 0. The highest BCUT2D eigenvalue weighted by atomic mass is 32.2. The summed E-state index contributed by atoms with van der Waals surface area (Å²) in [6.45, 7) is 6.62. The fourth-order valence-corrected chi connectivity index (χ4v) is 7.70. The number of hydrogen-bond donors (Lipinski definition) is 4. The normalized spacial score (nSPS) is 20.1. The van der Waals surface area contributed by atoms with Crippen molar-refractivity contribution in [3.63, 3.8) is 0 Å². The molecule has 2 fully saturated rings. The molecular weight excluding hydrogens is 608 g/mol. The SMILES string of the molecule is CC1(C)CN(S(=O)(=O)c2cc(F)cc(F)c2)Cc2c(NC(=O)c3ccc(N4CCOCC4)cc3NC(=O)[C@@H]3CCCN3)n[nH]c21. The predicted molar refractivity (Wildman–Crippen MR) is 163 cm³/mol. The topological polar surface area (TPSA) is 149 Å². The van der Waals surface area contributed by atoms with Crippen molar-refractivity contribution in [3.8, 4) is 0 Å². The van der Waals surface area contributed by atoms with Gasteiger partial charge in [0.15, 0.2) is 5.82 Å². The number of nitrogens with one attached hydrogen (secondary N) is 4. The molecule has 4 N–H and O–H groups in total. The molecular formula is C30H35F2N7O5S. The molecule has 1 aromatic heterocycles. The number of fused-ring (bicyclic) bond motifs is 1. The van der Waals surface area contributed by atoms with Crippen LogP contribution in [0.3, 0.4) is 0 Å². The molecule has 12 nitrogen and oxygen atoms in total. The molecule has 15 heteroatoms. The van der Waals surface area contributed by atoms with E-state index >= 15 is 0 Å². The van der Waals surface area contributed by atoms with Crippen LogP contribution in [0.4, 0.5) is 26.0 Å². The molecule has 45 heavy (non-hydrogen) atoms. The van der Waals surface area contributed by atoms with Crippen molar-refractivity contribution in [1.82, 2.24) is 19.8 Å². The van der Waals surface area contributed by atoms with Gasteiger partial charge in [-0.05, 0) is 49.7 Å². The molecule has 0 bridgehead atoms. The molecule has 6 rings (SSSR count). The highest BCUT2D eigenvalue weighted by molar-refractivity contribution is 7.89. The van der Waals surface area contributed by atoms with E-state index in [-0.39, 0.29) is 36.4 Å². The van der Waals surface area contributed by atoms with Crippen LogP contribution in [-0.2, 0) is 31.5 Å². The Balaban J connectivity index is 1.29. The van der Waals surface area contributed by atoms with E-state index in [0.717, 1.165) is 35.1 Å². The van der Waals surface area contributed by atoms with Crippen LogP contribution in [0.5, 0.6) is 0 Å². The van der Waals surface area contributed by atoms with E-state index in [1.165, 1.54) is 0 Å². The van der Waals surface area contributed by atoms with Crippen LogP contribution in [0.25, 0.3) is 0 Å². The van der Waals surface area contributed by atoms with Gasteiger partial charge in [-0.25, -0.2) is 17.2 Å². The van der Waals surface area contributed by atoms with Crippen LogP contribution in [0, 0.1) is 11.6 Å². The number of benzene rings is 2. The number of nitrogens with zero attached hydrogens (tertiary/aromatic N) is 3. The minimum Gasteiger partial charge on any atom is -0.378 e. The van der Waals surface area contributed by atoms with E-state index in [0.29, 0.717) is 55.7 Å². The van der Waals surface area contributed by atoms with Gasteiger partial charge >= 0.3 is 0 Å². The van der Waals surface area contributed by atoms with Gasteiger partial charge in [0.2, 0.25) is 15.9 Å². The Labute approximate surface area is 259 Å². The monoisotopic (exact) mass is 643 g/mol. The Kier molecular flexibility index (Phi) is 8.37. The third kappa shape index (κ3) is 6.30. The largest absolute Gasteiger partial charge is 0.378 e. The maximum Gasteiger partial charge on any atom is 0.258 e. The number of carbonyl (C=O) groups is 2. The Morgan fingerprint density at radius 1 is 1.07 bits per heavy atom. The van der Waals surface area contributed by atoms with Gasteiger partial charge in [-0.1, -0.05) is 13.8 Å². The maximum absolute atomic E-state index is 13.9. The van der Waals surface area contributed by atoms with E-state index < -0.39 is 37.9 Å². The van der Waals surface area contributed by atoms with Crippen molar-refractivity contribution in [1.29, 1.82) is 0 Å². The zero-order valence-electron chi connectivity index (χ0n) is 25.0. The van der Waals surface area contributed by atoms with E-state index in [1.807, 2.05) is 0 Å². The van der Waals surface area contributed by atoms with Crippen molar-refractivity contribution >= 4 is 39.0 Å². The van der Waals surface area contributed by atoms with Crippen molar-refractivity contribution in [2.45, 2.75) is 49.6 Å². The van der Waals surface area contributed by atoms with Gasteiger partial charge in [0.25, 0.3) is 5.91 Å². The van der Waals surface area contributed by atoms with Crippen LogP contribution in [-0.4, -0.2) is 80.2 Å². The first kappa shape index (κ1) is 31.1. The Hall–Kier alpha value is -3.92. The van der Waals surface area contributed by atoms with Crippen molar-refractivity contribution in [3.05, 3.63) is 64.9 Å². The molecule has 0 aliphatic carbocycles. The molecule has 2 aromatic carbocycles. The van der Waals surface area contributed by atoms with Gasteiger partial charge in [0, 0.05) is 54.6 Å². The van der Waals surface area contributed by atoms with Gasteiger partial charge in [0.1, 0.15) is 11.6 Å². The molecule has 240 valence electrons. The van der Waals surface area contributed by atoms with E-state index in [1.54, 1.807) is 32.0 Å². The second-order valence-electron chi connectivity index (χ2n) is 12.1. The summed E-state index contributed by atoms with van der Waals surface area (Å²) in [6.07, 6.45) is 1.56. The fourth-order valence-electron chi connectivity index (χ4n) is 6.09. The van der Waals surface area contributed by atoms with Gasteiger partial charge in [-0.3, -0.25) is 14.7 Å². The Morgan fingerprint density at radius 2 is 1.80 bits per heavy atom. The second kappa shape index (κ2) is 12.1. The lowest BCUT2D eigenvalue weighted by atomic mass is 9.84. The number of carbonyl (C=O) groups excluding carboxylic acids is 2. The minimum atomic E-state index is -4.31. The predicted octanol–water partition coefficient (Wildman–Crippen LogP) is 2.95. The number of aromatic amines is 1. The zero-order valence-corrected chi connectivity index (χ0v) is 25.8. The molecule has 3 aliphatic heterocycles. The summed E-state index contributed by atoms with van der Waals surface area (Å²) in [5, 5.41) is 16.1. The van der Waals surface area contributed by atoms with Crippen molar-refractivity contribution in [2.75, 3.05) is 54.9 Å². The molecule has 0 saturated carbocycles. The van der Waals surface area contributed by atoms with Crippen molar-refractivity contribution < 1.29 is 31.5 Å². The molecule has 2 amide bonds. The average Bonchev–Trinajstić information content (AvgIpc) is 3.68. The first-order valence-corrected chi connectivity index (χ1v) is 16.2. The number of aromatic nitrogens is 2. The number of morpholine rings is 1. The first-order chi connectivity index (χ1) is 21.4. The van der Waals surface area contributed by atoms with Gasteiger partial charge in [-0.15, -0.1) is 0 Å². The molecule has 1 atom stereocenters. The van der Waals surface area contributed by atoms with E-state index in [4.69, 9.17) is 4.74 Å². The molecule has 4 heterocycles. The molecule has 0 radical (unpaired) electrons. The number of rotatable bonds is 7. The summed E-state index contributed by atoms with van der Waals surface area (Å²) < 4.78 is 61.5. The lowest BCUT2D eigenvalue weighted by Gasteiger charge is -2.36. The maximum atomic E-state index is 13.9. The quantitative estimate of drug-likeness (QED) is 0.307. The lowest BCUT2D eigenvalue weighted by molar-refractivity contribution is -0.117. The first-order valence-electron chi connectivity index (χ1n) is 14.8. The summed E-state index contributed by atoms with van der Waals surface area (Å²) in [4.78, 5) is 28.4. The highest BCUT2D eigenvalue weighted by Gasteiger charge is 2.41. The molecule has 3 aromatic rings. The van der Waals surface area contributed by atoms with Crippen LogP contribution < -0.4 is 20.9 Å². The number of halogens is 2. The third-order valence-corrected chi connectivity index (χ3v) is 10.2. The van der Waals surface area contributed by atoms with E-state index in [9.17, 15) is 26.8 Å². The van der Waals surface area contributed by atoms with E-state index in [2.05, 4.69) is 31.0 Å². The van der Waals surface area contributed by atoms with Gasteiger partial charge in [-0.2, -0.15) is 9.40 Å². The van der Waals surface area contributed by atoms with Crippen LogP contribution in [0.1, 0.15) is 48.3 Å². The van der Waals surface area contributed by atoms with Crippen LogP contribution in [0.15, 0.2) is 41.3 Å². The minimum absolute atomic E-state index is 0.00439. The van der Waals surface area contributed by atoms with Crippen LogP contribution in [0.2, 0.25) is 0 Å². The highest BCUT2D eigenvalue weighted by Crippen LogP contribution is 2.38. The number of hydrogen-bond acceptors (Lipinski definition) is 8. The van der Waals surface area contributed by atoms with Crippen LogP contribution >= 0.6 is 0 Å². The number of ether oxygens (including phenoxy) is 1. The Morgan fingerprint density at radius 3 is 2.49 bits per heavy atom. The molecule has 2 saturated heterocycles. The van der Waals surface area contributed by atoms with Gasteiger partial charge in [0.05, 0.1) is 35.4 Å². The number of H-pyrrole nitrogens is 1. The lowest BCUT2D eigenvalue weighted by Crippen LogP contribution is -2.45. The molecule has 0 spiro atoms. The third-order valence-electron chi connectivity index (χ3n) is 8.41. The fraction of sp³-hybridized carbons (Fsp3) is 0.433. The Bertz CT molecular complexity index is 1710. The number of anilines is 3. The summed E-state index contributed by atoms with van der Waals surface area (Å²) in [7, 11) is -4.31. The summed E-state index contributed by atoms with van der Waals surface area (Å²) in [5.74, 6) is -2.70. The smallest absolute Gasteiger partial charge is 0.258 e. The van der Waals surface area contributed by atoms with Crippen molar-refractivity contribution in [2.24, 2.45) is 0 Å².